The maximum absolute atomic E-state index is 10.3. The fraction of sp³-hybridized carbons (Fsp3) is 0.333. The van der Waals surface area contributed by atoms with Gasteiger partial charge < -0.3 is 14.7 Å². The van der Waals surface area contributed by atoms with E-state index in [1.807, 2.05) is 43.5 Å². The first-order valence-corrected chi connectivity index (χ1v) is 9.31. The van der Waals surface area contributed by atoms with Crippen LogP contribution in [0.25, 0.3) is 16.8 Å². The summed E-state index contributed by atoms with van der Waals surface area (Å²) in [4.78, 5) is 6.40. The van der Waals surface area contributed by atoms with Gasteiger partial charge in [-0.15, -0.1) is 11.3 Å². The Morgan fingerprint density at radius 1 is 1.36 bits per heavy atom. The van der Waals surface area contributed by atoms with E-state index in [0.717, 1.165) is 11.3 Å². The topological polar surface area (TPSA) is 69.4 Å². The Hall–Kier alpha value is -1.89. The summed E-state index contributed by atoms with van der Waals surface area (Å²) in [6.07, 6.45) is 0.152. The molecule has 0 radical (unpaired) electrons. The number of hydrogen-bond acceptors (Lipinski definition) is 5. The molecule has 1 aliphatic rings. The standard InChI is InChI=1S/C18H20ClN3O2S/c1-11(2)24-8-7-22-9-15(23)16(17(22)20)18-21-14(10-25-18)12-3-5-13(19)6-4-12/h3-6,10-11,20,23H,7-9H2,1-2H3. The van der Waals surface area contributed by atoms with E-state index in [2.05, 4.69) is 4.98 Å². The zero-order valence-corrected chi connectivity index (χ0v) is 15.7. The average Bonchev–Trinajstić information content (AvgIpc) is 3.13. The lowest BCUT2D eigenvalue weighted by Crippen LogP contribution is -2.30. The van der Waals surface area contributed by atoms with Crippen LogP contribution in [0.1, 0.15) is 18.9 Å². The molecule has 0 spiro atoms. The lowest BCUT2D eigenvalue weighted by atomic mass is 10.2. The summed E-state index contributed by atoms with van der Waals surface area (Å²) in [7, 11) is 0. The van der Waals surface area contributed by atoms with Crippen LogP contribution in [0.15, 0.2) is 35.4 Å². The Morgan fingerprint density at radius 2 is 2.08 bits per heavy atom. The van der Waals surface area contributed by atoms with E-state index in [0.29, 0.717) is 41.1 Å². The third-order valence-corrected chi connectivity index (χ3v) is 4.96. The van der Waals surface area contributed by atoms with Crippen LogP contribution in [0.3, 0.4) is 0 Å². The molecule has 132 valence electrons. The molecule has 0 unspecified atom stereocenters. The molecular weight excluding hydrogens is 358 g/mol. The van der Waals surface area contributed by atoms with Gasteiger partial charge in [-0.05, 0) is 26.0 Å². The number of thiazole rings is 1. The number of rotatable bonds is 6. The van der Waals surface area contributed by atoms with Gasteiger partial charge in [-0.3, -0.25) is 5.41 Å². The summed E-state index contributed by atoms with van der Waals surface area (Å²) in [6, 6.07) is 7.46. The van der Waals surface area contributed by atoms with E-state index >= 15 is 0 Å². The molecule has 1 aromatic heterocycles. The van der Waals surface area contributed by atoms with E-state index in [1.165, 1.54) is 11.3 Å². The third-order valence-electron chi connectivity index (χ3n) is 3.85. The molecule has 0 aliphatic carbocycles. The van der Waals surface area contributed by atoms with Crippen LogP contribution < -0.4 is 0 Å². The molecule has 0 amide bonds. The number of hydrogen-bond donors (Lipinski definition) is 2. The molecule has 0 atom stereocenters. The van der Waals surface area contributed by atoms with Gasteiger partial charge in [0.25, 0.3) is 0 Å². The van der Waals surface area contributed by atoms with Gasteiger partial charge in [0.2, 0.25) is 0 Å². The summed E-state index contributed by atoms with van der Waals surface area (Å²) in [5.41, 5.74) is 2.28. The van der Waals surface area contributed by atoms with E-state index < -0.39 is 0 Å². The molecule has 7 heteroatoms. The Labute approximate surface area is 156 Å². The van der Waals surface area contributed by atoms with Gasteiger partial charge in [-0.25, -0.2) is 4.98 Å². The van der Waals surface area contributed by atoms with Crippen LogP contribution >= 0.6 is 22.9 Å². The van der Waals surface area contributed by atoms with Gasteiger partial charge in [0.1, 0.15) is 16.6 Å². The van der Waals surface area contributed by atoms with Crippen LogP contribution in [0, 0.1) is 5.41 Å². The van der Waals surface area contributed by atoms with Crippen molar-refractivity contribution in [3.8, 4) is 11.3 Å². The fourth-order valence-corrected chi connectivity index (χ4v) is 3.61. The highest BCUT2D eigenvalue weighted by atomic mass is 35.5. The zero-order valence-electron chi connectivity index (χ0n) is 14.1. The Bertz CT molecular complexity index is 799. The molecule has 1 aromatic carbocycles. The first-order chi connectivity index (χ1) is 12.0. The first-order valence-electron chi connectivity index (χ1n) is 8.05. The lowest BCUT2D eigenvalue weighted by molar-refractivity contribution is 0.0705. The Morgan fingerprint density at radius 3 is 2.76 bits per heavy atom. The molecule has 1 aliphatic heterocycles. The minimum absolute atomic E-state index is 0.152. The lowest BCUT2D eigenvalue weighted by Gasteiger charge is -2.19. The van der Waals surface area contributed by atoms with Crippen LogP contribution in [-0.4, -0.2) is 46.6 Å². The monoisotopic (exact) mass is 377 g/mol. The molecule has 0 saturated carbocycles. The average molecular weight is 378 g/mol. The van der Waals surface area contributed by atoms with E-state index in [4.69, 9.17) is 21.7 Å². The predicted molar refractivity (Wildman–Crippen MR) is 102 cm³/mol. The van der Waals surface area contributed by atoms with E-state index in [9.17, 15) is 5.11 Å². The van der Waals surface area contributed by atoms with Crippen molar-refractivity contribution in [1.82, 2.24) is 9.88 Å². The van der Waals surface area contributed by atoms with Gasteiger partial charge in [0.15, 0.2) is 0 Å². The van der Waals surface area contributed by atoms with Crippen LogP contribution in [0.2, 0.25) is 5.02 Å². The van der Waals surface area contributed by atoms with Crippen LogP contribution in [-0.2, 0) is 4.74 Å². The van der Waals surface area contributed by atoms with Gasteiger partial charge in [-0.2, -0.15) is 0 Å². The summed E-state index contributed by atoms with van der Waals surface area (Å²) in [5, 5.41) is 21.9. The van der Waals surface area contributed by atoms with E-state index in [-0.39, 0.29) is 11.9 Å². The Kier molecular flexibility index (Phi) is 5.42. The number of aliphatic hydroxyl groups excluding tert-OH is 1. The van der Waals surface area contributed by atoms with E-state index in [1.54, 1.807) is 4.90 Å². The quantitative estimate of drug-likeness (QED) is 0.780. The van der Waals surface area contributed by atoms with Gasteiger partial charge >= 0.3 is 0 Å². The fourth-order valence-electron chi connectivity index (χ4n) is 2.59. The molecule has 25 heavy (non-hydrogen) atoms. The highest BCUT2D eigenvalue weighted by Crippen LogP contribution is 2.32. The molecule has 0 saturated heterocycles. The molecule has 0 bridgehead atoms. The molecule has 5 nitrogen and oxygen atoms in total. The highest BCUT2D eigenvalue weighted by molar-refractivity contribution is 7.11. The van der Waals surface area contributed by atoms with Crippen molar-refractivity contribution in [2.75, 3.05) is 19.7 Å². The molecule has 2 N–H and O–H groups in total. The summed E-state index contributed by atoms with van der Waals surface area (Å²) >= 11 is 7.34. The van der Waals surface area contributed by atoms with Gasteiger partial charge in [0.05, 0.1) is 30.5 Å². The van der Waals surface area contributed by atoms with Crippen molar-refractivity contribution >= 4 is 34.3 Å². The van der Waals surface area contributed by atoms with Crippen molar-refractivity contribution in [2.45, 2.75) is 20.0 Å². The molecule has 3 rings (SSSR count). The van der Waals surface area contributed by atoms with Gasteiger partial charge in [-0.1, -0.05) is 23.7 Å². The second-order valence-electron chi connectivity index (χ2n) is 6.06. The number of ether oxygens (including phenoxy) is 1. The van der Waals surface area contributed by atoms with Gasteiger partial charge in [0, 0.05) is 22.5 Å². The summed E-state index contributed by atoms with van der Waals surface area (Å²) in [6.45, 7) is 5.37. The molecule has 2 aromatic rings. The summed E-state index contributed by atoms with van der Waals surface area (Å²) < 4.78 is 5.54. The molecule has 2 heterocycles. The first kappa shape index (κ1) is 17.9. The number of nitrogens with one attached hydrogen (secondary N) is 1. The van der Waals surface area contributed by atoms with Crippen molar-refractivity contribution in [2.24, 2.45) is 0 Å². The highest BCUT2D eigenvalue weighted by Gasteiger charge is 2.30. The van der Waals surface area contributed by atoms with Crippen molar-refractivity contribution in [3.05, 3.63) is 45.4 Å². The van der Waals surface area contributed by atoms with Crippen molar-refractivity contribution in [3.63, 3.8) is 0 Å². The number of aliphatic hydroxyl groups is 1. The SMILES string of the molecule is CC(C)OCCN1CC(O)=C(c2nc(-c3ccc(Cl)cc3)cs2)C1=N. The summed E-state index contributed by atoms with van der Waals surface area (Å²) in [5.74, 6) is 0.480. The number of aromatic nitrogens is 1. The maximum Gasteiger partial charge on any atom is 0.135 e. The predicted octanol–water partition coefficient (Wildman–Crippen LogP) is 4.45. The van der Waals surface area contributed by atoms with Crippen LogP contribution in [0.4, 0.5) is 0 Å². The van der Waals surface area contributed by atoms with Crippen molar-refractivity contribution < 1.29 is 9.84 Å². The van der Waals surface area contributed by atoms with Crippen molar-refractivity contribution in [1.29, 1.82) is 5.41 Å². The molecular formula is C18H20ClN3O2S. The number of amidine groups is 1. The number of nitrogens with zero attached hydrogens (tertiary/aromatic N) is 2. The smallest absolute Gasteiger partial charge is 0.135 e. The third kappa shape index (κ3) is 4.03. The Balaban J connectivity index is 1.74. The molecule has 0 fully saturated rings. The normalized spacial score (nSPS) is 14.9. The second-order valence-corrected chi connectivity index (χ2v) is 7.35. The largest absolute Gasteiger partial charge is 0.510 e. The van der Waals surface area contributed by atoms with Crippen LogP contribution in [0.5, 0.6) is 0 Å². The number of halogens is 1. The number of benzene rings is 1. The zero-order chi connectivity index (χ0) is 18.0. The minimum Gasteiger partial charge on any atom is -0.510 e. The maximum atomic E-state index is 10.3. The minimum atomic E-state index is 0.152. The second kappa shape index (κ2) is 7.56.